The molecule has 0 heterocycles. The van der Waals surface area contributed by atoms with Crippen molar-refractivity contribution in [2.45, 2.75) is 6.92 Å². The van der Waals surface area contributed by atoms with E-state index < -0.39 is 0 Å². The maximum atomic E-state index is 12.7. The molecule has 5 heteroatoms. The zero-order chi connectivity index (χ0) is 14.9. The number of benzene rings is 2. The first-order valence-electron chi connectivity index (χ1n) is 5.78. The van der Waals surface area contributed by atoms with Crippen LogP contribution in [-0.4, -0.2) is 12.9 Å². The average Bonchev–Trinajstić information content (AvgIpc) is 2.43. The van der Waals surface area contributed by atoms with Gasteiger partial charge in [-0.3, -0.25) is 4.79 Å². The van der Waals surface area contributed by atoms with Crippen LogP contribution in [0.25, 0.3) is 0 Å². The molecule has 2 aromatic rings. The molecule has 0 saturated carbocycles. The Labute approximate surface area is 139 Å². The molecule has 0 aromatic heterocycles. The molecule has 0 unspecified atom stereocenters. The van der Waals surface area contributed by atoms with E-state index in [4.69, 9.17) is 16.3 Å². The Morgan fingerprint density at radius 1 is 1.15 bits per heavy atom. The van der Waals surface area contributed by atoms with E-state index >= 15 is 0 Å². The van der Waals surface area contributed by atoms with Crippen LogP contribution in [0.1, 0.15) is 21.5 Å². The molecule has 2 nitrogen and oxygen atoms in total. The summed E-state index contributed by atoms with van der Waals surface area (Å²) in [5.41, 5.74) is 1.92. The molecule has 2 aromatic carbocycles. The smallest absolute Gasteiger partial charge is 0.198 e. The predicted molar refractivity (Wildman–Crippen MR) is 88.0 cm³/mol. The van der Waals surface area contributed by atoms with Crippen molar-refractivity contribution in [3.8, 4) is 5.75 Å². The Morgan fingerprint density at radius 3 is 2.50 bits per heavy atom. The summed E-state index contributed by atoms with van der Waals surface area (Å²) in [6.45, 7) is 1.94. The van der Waals surface area contributed by atoms with Crippen molar-refractivity contribution in [2.24, 2.45) is 0 Å². The molecule has 0 bridgehead atoms. The van der Waals surface area contributed by atoms with Crippen LogP contribution in [0, 0.1) is 6.92 Å². The molecule has 0 aliphatic rings. The van der Waals surface area contributed by atoms with Crippen molar-refractivity contribution in [1.82, 2.24) is 0 Å². The summed E-state index contributed by atoms with van der Waals surface area (Å²) >= 11 is 12.9. The van der Waals surface area contributed by atoms with Crippen LogP contribution in [-0.2, 0) is 0 Å². The van der Waals surface area contributed by atoms with Gasteiger partial charge < -0.3 is 4.74 Å². The van der Waals surface area contributed by atoms with E-state index in [2.05, 4.69) is 31.9 Å². The lowest BCUT2D eigenvalue weighted by Gasteiger charge is -2.11. The highest BCUT2D eigenvalue weighted by atomic mass is 79.9. The van der Waals surface area contributed by atoms with Crippen molar-refractivity contribution in [3.05, 3.63) is 61.0 Å². The van der Waals surface area contributed by atoms with Crippen LogP contribution in [0.2, 0.25) is 5.02 Å². The first kappa shape index (κ1) is 15.5. The van der Waals surface area contributed by atoms with Crippen LogP contribution < -0.4 is 4.74 Å². The minimum Gasteiger partial charge on any atom is -0.496 e. The molecule has 104 valence electrons. The van der Waals surface area contributed by atoms with E-state index in [0.717, 1.165) is 14.5 Å². The molecule has 0 aliphatic carbocycles. The first-order valence-corrected chi connectivity index (χ1v) is 7.74. The van der Waals surface area contributed by atoms with Crippen LogP contribution in [0.4, 0.5) is 0 Å². The maximum Gasteiger partial charge on any atom is 0.198 e. The number of methoxy groups -OCH3 is 1. The van der Waals surface area contributed by atoms with Gasteiger partial charge in [-0.05, 0) is 42.8 Å². The van der Waals surface area contributed by atoms with Crippen LogP contribution in [0.5, 0.6) is 5.75 Å². The number of aryl methyl sites for hydroxylation is 1. The van der Waals surface area contributed by atoms with Gasteiger partial charge in [-0.1, -0.05) is 43.5 Å². The van der Waals surface area contributed by atoms with Crippen LogP contribution >= 0.6 is 43.5 Å². The van der Waals surface area contributed by atoms with Gasteiger partial charge in [0.25, 0.3) is 0 Å². The van der Waals surface area contributed by atoms with E-state index in [1.807, 2.05) is 13.0 Å². The Hall–Kier alpha value is -0.840. The van der Waals surface area contributed by atoms with Crippen LogP contribution in [0.3, 0.4) is 0 Å². The number of hydrogen-bond acceptors (Lipinski definition) is 2. The van der Waals surface area contributed by atoms with E-state index in [-0.39, 0.29) is 5.78 Å². The highest BCUT2D eigenvalue weighted by Crippen LogP contribution is 2.31. The number of rotatable bonds is 3. The molecule has 0 N–H and O–H groups in total. The van der Waals surface area contributed by atoms with Gasteiger partial charge in [-0.15, -0.1) is 0 Å². The molecule has 0 fully saturated rings. The minimum absolute atomic E-state index is 0.172. The normalized spacial score (nSPS) is 10.4. The lowest BCUT2D eigenvalue weighted by atomic mass is 10.0. The van der Waals surface area contributed by atoms with Crippen LogP contribution in [0.15, 0.2) is 39.3 Å². The summed E-state index contributed by atoms with van der Waals surface area (Å²) < 4.78 is 6.95. The standard InChI is InChI=1S/C15H11Br2ClO2/c1-8-5-14(20-2)11(7-12(8)17)15(19)10-6-9(16)3-4-13(10)18/h3-7H,1-2H3. The summed E-state index contributed by atoms with van der Waals surface area (Å²) in [7, 11) is 1.54. The molecular formula is C15H11Br2ClO2. The van der Waals surface area contributed by atoms with E-state index in [1.165, 1.54) is 0 Å². The van der Waals surface area contributed by atoms with Crippen molar-refractivity contribution in [3.63, 3.8) is 0 Å². The second-order valence-corrected chi connectivity index (χ2v) is 6.43. The zero-order valence-corrected chi connectivity index (χ0v) is 14.8. The van der Waals surface area contributed by atoms with Crippen molar-refractivity contribution in [1.29, 1.82) is 0 Å². The Morgan fingerprint density at radius 2 is 1.85 bits per heavy atom. The number of ketones is 1. The Bertz CT molecular complexity index is 684. The van der Waals surface area contributed by atoms with E-state index in [9.17, 15) is 4.79 Å². The molecule has 0 saturated heterocycles. The molecule has 0 radical (unpaired) electrons. The van der Waals surface area contributed by atoms with Gasteiger partial charge in [0.2, 0.25) is 0 Å². The molecule has 2 rings (SSSR count). The highest BCUT2D eigenvalue weighted by molar-refractivity contribution is 9.10. The third-order valence-corrected chi connectivity index (χ3v) is 4.58. The molecule has 0 spiro atoms. The van der Waals surface area contributed by atoms with Crippen molar-refractivity contribution < 1.29 is 9.53 Å². The fourth-order valence-electron chi connectivity index (χ4n) is 1.82. The third-order valence-electron chi connectivity index (χ3n) is 2.90. The number of hydrogen-bond donors (Lipinski definition) is 0. The highest BCUT2D eigenvalue weighted by Gasteiger charge is 2.19. The second-order valence-electron chi connectivity index (χ2n) is 4.25. The van der Waals surface area contributed by atoms with E-state index in [1.54, 1.807) is 31.4 Å². The average molecular weight is 419 g/mol. The number of ether oxygens (including phenoxy) is 1. The fraction of sp³-hybridized carbons (Fsp3) is 0.133. The Balaban J connectivity index is 2.58. The molecule has 20 heavy (non-hydrogen) atoms. The topological polar surface area (TPSA) is 26.3 Å². The van der Waals surface area contributed by atoms with Crippen molar-refractivity contribution >= 4 is 49.2 Å². The number of halogens is 3. The largest absolute Gasteiger partial charge is 0.496 e. The predicted octanol–water partition coefficient (Wildman–Crippen LogP) is 5.41. The summed E-state index contributed by atoms with van der Waals surface area (Å²) in [5.74, 6) is 0.362. The van der Waals surface area contributed by atoms with E-state index in [0.29, 0.717) is 21.9 Å². The van der Waals surface area contributed by atoms with Gasteiger partial charge in [-0.2, -0.15) is 0 Å². The van der Waals surface area contributed by atoms with Gasteiger partial charge in [0.15, 0.2) is 5.78 Å². The summed E-state index contributed by atoms with van der Waals surface area (Å²) in [6.07, 6.45) is 0. The lowest BCUT2D eigenvalue weighted by molar-refractivity contribution is 0.103. The van der Waals surface area contributed by atoms with Crippen molar-refractivity contribution in [2.75, 3.05) is 7.11 Å². The van der Waals surface area contributed by atoms with Gasteiger partial charge in [0.1, 0.15) is 5.75 Å². The molecular weight excluding hydrogens is 407 g/mol. The zero-order valence-electron chi connectivity index (χ0n) is 10.8. The number of carbonyl (C=O) groups excluding carboxylic acids is 1. The second kappa shape index (κ2) is 6.29. The maximum absolute atomic E-state index is 12.7. The fourth-order valence-corrected chi connectivity index (χ4v) is 2.73. The minimum atomic E-state index is -0.172. The monoisotopic (exact) mass is 416 g/mol. The SMILES string of the molecule is COc1cc(C)c(Br)cc1C(=O)c1cc(Br)ccc1Cl. The summed E-state index contributed by atoms with van der Waals surface area (Å²) in [4.78, 5) is 12.7. The van der Waals surface area contributed by atoms with Gasteiger partial charge in [0.05, 0.1) is 17.7 Å². The summed E-state index contributed by atoms with van der Waals surface area (Å²) in [5, 5.41) is 0.414. The molecule has 0 atom stereocenters. The Kier molecular flexibility index (Phi) is 4.89. The summed E-state index contributed by atoms with van der Waals surface area (Å²) in [6, 6.07) is 8.77. The molecule has 0 aliphatic heterocycles. The van der Waals surface area contributed by atoms with Gasteiger partial charge in [0, 0.05) is 14.5 Å². The van der Waals surface area contributed by atoms with Gasteiger partial charge in [-0.25, -0.2) is 0 Å². The number of carbonyl (C=O) groups is 1. The molecule has 0 amide bonds. The van der Waals surface area contributed by atoms with Gasteiger partial charge >= 0.3 is 0 Å². The quantitative estimate of drug-likeness (QED) is 0.623. The first-order chi connectivity index (χ1) is 9.43. The third kappa shape index (κ3) is 3.08. The lowest BCUT2D eigenvalue weighted by Crippen LogP contribution is -2.05.